The molecule has 3 heterocycles. The summed E-state index contributed by atoms with van der Waals surface area (Å²) in [6, 6.07) is 4.75. The van der Waals surface area contributed by atoms with Crippen molar-refractivity contribution in [2.45, 2.75) is 69.9 Å². The van der Waals surface area contributed by atoms with Crippen molar-refractivity contribution >= 4 is 23.5 Å². The van der Waals surface area contributed by atoms with Crippen LogP contribution in [0, 0.1) is 23.5 Å². The predicted molar refractivity (Wildman–Crippen MR) is 172 cm³/mol. The number of pyridine rings is 1. The second-order valence-electron chi connectivity index (χ2n) is 12.6. The van der Waals surface area contributed by atoms with E-state index < -0.39 is 93.1 Å². The lowest BCUT2D eigenvalue weighted by atomic mass is 9.90. The number of rotatable bonds is 9. The maximum Gasteiger partial charge on any atom is 0.417 e. The summed E-state index contributed by atoms with van der Waals surface area (Å²) in [4.78, 5) is 41.8. The number of aromatic nitrogens is 1. The number of benzene rings is 2. The van der Waals surface area contributed by atoms with Crippen LogP contribution < -0.4 is 5.32 Å². The fourth-order valence-corrected chi connectivity index (χ4v) is 6.16. The lowest BCUT2D eigenvalue weighted by molar-refractivity contribution is -0.160. The second kappa shape index (κ2) is 14.9. The summed E-state index contributed by atoms with van der Waals surface area (Å²) >= 11 is 0. The first kappa shape index (κ1) is 38.7. The molecule has 0 unspecified atom stereocenters. The maximum atomic E-state index is 15.4. The normalized spacial score (nSPS) is 17.8. The first-order chi connectivity index (χ1) is 24.8. The molecule has 1 fully saturated rings. The SMILES string of the molecule is C[C@]12CCCN1N(Cc1ccc(C#CCCCCC(=O)O)c(F)c1F)C(=O)C(C(=O)Nc1ccc(C(F)(F)F)cc1-c1cncc(C(F)(F)F)c1)=C2O. The van der Waals surface area contributed by atoms with Crippen LogP contribution in [0.25, 0.3) is 11.1 Å². The van der Waals surface area contributed by atoms with Crippen molar-refractivity contribution in [2.24, 2.45) is 0 Å². The van der Waals surface area contributed by atoms with E-state index in [1.807, 2.05) is 0 Å². The van der Waals surface area contributed by atoms with Crippen molar-refractivity contribution < 1.29 is 59.7 Å². The predicted octanol–water partition coefficient (Wildman–Crippen LogP) is 7.62. The summed E-state index contributed by atoms with van der Waals surface area (Å²) < 4.78 is 112. The van der Waals surface area contributed by atoms with Crippen LogP contribution >= 0.6 is 0 Å². The number of alkyl halides is 6. The van der Waals surface area contributed by atoms with Crippen molar-refractivity contribution in [3.05, 3.63) is 94.0 Å². The molecular weight excluding hydrogens is 720 g/mol. The van der Waals surface area contributed by atoms with Crippen LogP contribution in [0.5, 0.6) is 0 Å². The summed E-state index contributed by atoms with van der Waals surface area (Å²) in [6.07, 6.45) is -7.00. The summed E-state index contributed by atoms with van der Waals surface area (Å²) in [7, 11) is 0. The van der Waals surface area contributed by atoms with E-state index in [-0.39, 0.29) is 36.9 Å². The van der Waals surface area contributed by atoms with Crippen LogP contribution in [0.1, 0.15) is 67.7 Å². The number of carbonyl (C=O) groups is 3. The van der Waals surface area contributed by atoms with Crippen LogP contribution in [0.2, 0.25) is 0 Å². The number of carboxylic acid groups (broad SMARTS) is 1. The third-order valence-electron chi connectivity index (χ3n) is 8.94. The molecule has 0 spiro atoms. The van der Waals surface area contributed by atoms with E-state index in [1.165, 1.54) is 24.1 Å². The molecule has 3 N–H and O–H groups in total. The van der Waals surface area contributed by atoms with Gasteiger partial charge in [-0.2, -0.15) is 26.3 Å². The Bertz CT molecular complexity index is 2050. The molecule has 0 saturated carbocycles. The number of amides is 2. The van der Waals surface area contributed by atoms with Gasteiger partial charge in [-0.3, -0.25) is 24.4 Å². The number of aliphatic hydroxyl groups excluding tert-OH is 1. The van der Waals surface area contributed by atoms with E-state index in [0.717, 1.165) is 17.3 Å². The molecule has 1 saturated heterocycles. The summed E-state index contributed by atoms with van der Waals surface area (Å²) in [5.41, 5.74) is -6.86. The molecule has 0 bridgehead atoms. The fraction of sp³-hybridized carbons (Fsp3) is 0.333. The first-order valence-corrected chi connectivity index (χ1v) is 16.1. The Morgan fingerprint density at radius 3 is 2.38 bits per heavy atom. The minimum atomic E-state index is -4.93. The van der Waals surface area contributed by atoms with E-state index in [0.29, 0.717) is 43.7 Å². The van der Waals surface area contributed by atoms with Crippen molar-refractivity contribution in [1.29, 1.82) is 0 Å². The van der Waals surface area contributed by atoms with Gasteiger partial charge < -0.3 is 15.5 Å². The summed E-state index contributed by atoms with van der Waals surface area (Å²) in [5, 5.41) is 24.6. The van der Waals surface area contributed by atoms with Crippen molar-refractivity contribution in [3.63, 3.8) is 0 Å². The monoisotopic (exact) mass is 750 g/mol. The molecule has 53 heavy (non-hydrogen) atoms. The van der Waals surface area contributed by atoms with E-state index in [1.54, 1.807) is 0 Å². The highest BCUT2D eigenvalue weighted by atomic mass is 19.4. The van der Waals surface area contributed by atoms with Crippen LogP contribution in [0.3, 0.4) is 0 Å². The topological polar surface area (TPSA) is 123 Å². The molecule has 3 aromatic rings. The Hall–Kier alpha value is -5.50. The van der Waals surface area contributed by atoms with E-state index >= 15 is 8.78 Å². The van der Waals surface area contributed by atoms with Crippen LogP contribution in [-0.2, 0) is 33.3 Å². The number of nitrogens with one attached hydrogen (secondary N) is 1. The average Bonchev–Trinajstić information content (AvgIpc) is 3.49. The molecule has 0 radical (unpaired) electrons. The van der Waals surface area contributed by atoms with Gasteiger partial charge >= 0.3 is 18.3 Å². The number of nitrogens with zero attached hydrogens (tertiary/aromatic N) is 3. The number of unbranched alkanes of at least 4 members (excludes halogenated alkanes) is 2. The van der Waals surface area contributed by atoms with Gasteiger partial charge in [0.25, 0.3) is 11.8 Å². The molecule has 5 rings (SSSR count). The number of carbonyl (C=O) groups excluding carboxylic acids is 2. The minimum Gasteiger partial charge on any atom is -0.509 e. The van der Waals surface area contributed by atoms with Gasteiger partial charge in [-0.1, -0.05) is 17.9 Å². The molecule has 1 aromatic heterocycles. The molecule has 9 nitrogen and oxygen atoms in total. The molecule has 280 valence electrons. The maximum absolute atomic E-state index is 15.4. The number of carboxylic acids is 1. The number of aliphatic hydroxyl groups is 1. The molecule has 0 aliphatic carbocycles. The Morgan fingerprint density at radius 2 is 1.70 bits per heavy atom. The smallest absolute Gasteiger partial charge is 0.417 e. The van der Waals surface area contributed by atoms with Gasteiger partial charge in [-0.05, 0) is 62.9 Å². The van der Waals surface area contributed by atoms with Crippen LogP contribution in [0.4, 0.5) is 40.8 Å². The van der Waals surface area contributed by atoms with Gasteiger partial charge in [0.1, 0.15) is 11.3 Å². The van der Waals surface area contributed by atoms with Gasteiger partial charge in [0.2, 0.25) is 0 Å². The molecule has 2 aromatic carbocycles. The number of halogens is 8. The van der Waals surface area contributed by atoms with Crippen molar-refractivity contribution in [1.82, 2.24) is 15.0 Å². The van der Waals surface area contributed by atoms with Crippen LogP contribution in [0.15, 0.2) is 60.1 Å². The number of anilines is 1. The molecule has 2 amide bonds. The van der Waals surface area contributed by atoms with Crippen LogP contribution in [-0.4, -0.2) is 55.1 Å². The molecule has 2 aliphatic rings. The lowest BCUT2D eigenvalue weighted by Crippen LogP contribution is -2.60. The van der Waals surface area contributed by atoms with Gasteiger partial charge in [0, 0.05) is 54.2 Å². The zero-order chi connectivity index (χ0) is 38.9. The zero-order valence-electron chi connectivity index (χ0n) is 27.8. The summed E-state index contributed by atoms with van der Waals surface area (Å²) in [5.74, 6) is -1.68. The average molecular weight is 751 g/mol. The van der Waals surface area contributed by atoms with Gasteiger partial charge in [0.15, 0.2) is 11.6 Å². The Balaban J connectivity index is 1.46. The highest BCUT2D eigenvalue weighted by molar-refractivity contribution is 6.24. The standard InChI is InChI=1S/C36H30F8N4O5/c1-34-13-6-14-48(34)47(19-21-10-9-20(29(37)30(21)38)7-4-2-3-5-8-27(49)50)33(53)28(31(34)51)32(52)46-26-12-11-23(35(39,40)41)16-25(26)22-15-24(18-45-17-22)36(42,43)44/h9-12,15-18,51H,2-3,5-6,8,13-14,19H2,1H3,(H,46,52)(H,49,50)/t34-/m1/s1. The molecule has 17 heteroatoms. The zero-order valence-corrected chi connectivity index (χ0v) is 27.8. The number of hydrogen-bond donors (Lipinski definition) is 3. The van der Waals surface area contributed by atoms with Crippen molar-refractivity contribution in [2.75, 3.05) is 11.9 Å². The molecule has 1 atom stereocenters. The largest absolute Gasteiger partial charge is 0.509 e. The third kappa shape index (κ3) is 8.12. The summed E-state index contributed by atoms with van der Waals surface area (Å²) in [6.45, 7) is 1.03. The number of aliphatic carboxylic acids is 1. The van der Waals surface area contributed by atoms with Gasteiger partial charge in [0.05, 0.1) is 28.8 Å². The minimum absolute atomic E-state index is 0.0609. The first-order valence-electron chi connectivity index (χ1n) is 16.1. The number of hydrogen-bond acceptors (Lipinski definition) is 6. The fourth-order valence-electron chi connectivity index (χ4n) is 6.16. The Morgan fingerprint density at radius 1 is 0.981 bits per heavy atom. The number of hydrazine groups is 1. The van der Waals surface area contributed by atoms with Crippen molar-refractivity contribution in [3.8, 4) is 23.0 Å². The third-order valence-corrected chi connectivity index (χ3v) is 8.94. The van der Waals surface area contributed by atoms with Gasteiger partial charge in [-0.15, -0.1) is 0 Å². The highest BCUT2D eigenvalue weighted by Gasteiger charge is 2.53. The molecule has 2 aliphatic heterocycles. The Kier molecular flexibility index (Phi) is 10.9. The van der Waals surface area contributed by atoms with E-state index in [4.69, 9.17) is 5.11 Å². The lowest BCUT2D eigenvalue weighted by Gasteiger charge is -2.46. The highest BCUT2D eigenvalue weighted by Crippen LogP contribution is 2.43. The van der Waals surface area contributed by atoms with Gasteiger partial charge in [-0.25, -0.2) is 13.8 Å². The molecular formula is C36H30F8N4O5. The number of fused-ring (bicyclic) bond motifs is 1. The quantitative estimate of drug-likeness (QED) is 0.0891. The second-order valence-corrected chi connectivity index (χ2v) is 12.6. The van der Waals surface area contributed by atoms with E-state index in [2.05, 4.69) is 22.1 Å². The Labute approximate surface area is 296 Å². The van der Waals surface area contributed by atoms with E-state index in [9.17, 15) is 45.8 Å².